The number of hydrogen-bond acceptors (Lipinski definition) is 10. The lowest BCUT2D eigenvalue weighted by atomic mass is 9.58. The first-order valence-electron chi connectivity index (χ1n) is 13.4. The van der Waals surface area contributed by atoms with Crippen LogP contribution in [0.4, 0.5) is 15.8 Å². The molecule has 2 aromatic carbocycles. The summed E-state index contributed by atoms with van der Waals surface area (Å²) < 4.78 is 14.3. The summed E-state index contributed by atoms with van der Waals surface area (Å²) in [5, 5.41) is 47.9. The summed E-state index contributed by atoms with van der Waals surface area (Å²) in [7, 11) is 6.45. The molecule has 0 bridgehead atoms. The van der Waals surface area contributed by atoms with Crippen LogP contribution >= 0.6 is 0 Å². The van der Waals surface area contributed by atoms with Crippen molar-refractivity contribution < 1.29 is 44.0 Å². The third-order valence-corrected chi connectivity index (χ3v) is 8.55. The molecule has 0 aromatic heterocycles. The summed E-state index contributed by atoms with van der Waals surface area (Å²) >= 11 is 0. The van der Waals surface area contributed by atoms with Gasteiger partial charge < -0.3 is 36.4 Å². The molecule has 5 rings (SSSR count). The number of rotatable bonds is 5. The minimum Gasteiger partial charge on any atom is -0.510 e. The Kier molecular flexibility index (Phi) is 7.06. The molecule has 0 saturated carbocycles. The number of nitrogens with two attached hydrogens (primary N) is 1. The predicted octanol–water partition coefficient (Wildman–Crippen LogP) is 1.58. The first-order valence-corrected chi connectivity index (χ1v) is 13.4. The quantitative estimate of drug-likeness (QED) is 0.219. The molecule has 0 spiro atoms. The van der Waals surface area contributed by atoms with Gasteiger partial charge in [-0.15, -0.1) is 0 Å². The number of aliphatic hydroxyl groups is 3. The number of fused-ring (bicyclic) bond motifs is 3. The van der Waals surface area contributed by atoms with Crippen molar-refractivity contribution >= 4 is 34.8 Å². The van der Waals surface area contributed by atoms with Crippen molar-refractivity contribution in [2.45, 2.75) is 24.5 Å². The highest BCUT2D eigenvalue weighted by Gasteiger charge is 2.63. The fourth-order valence-corrected chi connectivity index (χ4v) is 6.63. The second-order valence-corrected chi connectivity index (χ2v) is 11.4. The van der Waals surface area contributed by atoms with Crippen molar-refractivity contribution in [1.82, 2.24) is 4.90 Å². The van der Waals surface area contributed by atoms with Crippen molar-refractivity contribution in [3.63, 3.8) is 0 Å². The number of nitrogens with one attached hydrogen (secondary N) is 1. The number of halogens is 1. The maximum absolute atomic E-state index is 14.3. The number of hydrogen-bond donors (Lipinski definition) is 6. The summed E-state index contributed by atoms with van der Waals surface area (Å²) in [6, 6.07) is 5.55. The number of phenolic OH excluding ortho intramolecular Hbond substituents is 1. The van der Waals surface area contributed by atoms with Crippen molar-refractivity contribution in [3.8, 4) is 5.75 Å². The topological polar surface area (TPSA) is 194 Å². The Balaban J connectivity index is 1.68. The minimum atomic E-state index is -2.78. The summed E-state index contributed by atoms with van der Waals surface area (Å²) in [5.41, 5.74) is 1.38. The van der Waals surface area contributed by atoms with Gasteiger partial charge in [-0.25, -0.2) is 4.39 Å². The van der Waals surface area contributed by atoms with E-state index in [1.807, 2.05) is 0 Å². The van der Waals surface area contributed by atoms with Crippen LogP contribution in [0.15, 0.2) is 53.0 Å². The number of Topliss-reactive ketones (excluding diaryl/α,β-unsaturated/α-hetero) is 2. The van der Waals surface area contributed by atoms with Gasteiger partial charge in [0.2, 0.25) is 5.78 Å². The number of benzene rings is 2. The lowest BCUT2D eigenvalue weighted by Crippen LogP contribution is -2.63. The molecule has 3 aliphatic rings. The van der Waals surface area contributed by atoms with Crippen LogP contribution in [0.25, 0.3) is 0 Å². The predicted molar refractivity (Wildman–Crippen MR) is 152 cm³/mol. The Labute approximate surface area is 245 Å². The average molecular weight is 595 g/mol. The lowest BCUT2D eigenvalue weighted by molar-refractivity contribution is -0.148. The molecule has 3 aliphatic carbocycles. The molecular formula is C30H31FN4O8. The molecule has 12 nitrogen and oxygen atoms in total. The van der Waals surface area contributed by atoms with Crippen LogP contribution < -0.4 is 16.0 Å². The summed E-state index contributed by atoms with van der Waals surface area (Å²) in [6.07, 6.45) is 0.00230. The molecule has 0 saturated heterocycles. The van der Waals surface area contributed by atoms with Crippen LogP contribution in [0.1, 0.15) is 32.7 Å². The number of carbonyl (C=O) groups is 4. The summed E-state index contributed by atoms with van der Waals surface area (Å²) in [4.78, 5) is 55.7. The van der Waals surface area contributed by atoms with Gasteiger partial charge in [-0.05, 0) is 56.6 Å². The van der Waals surface area contributed by atoms with Gasteiger partial charge in [0.15, 0.2) is 17.1 Å². The molecule has 0 fully saturated rings. The van der Waals surface area contributed by atoms with Crippen LogP contribution in [-0.2, 0) is 16.0 Å². The van der Waals surface area contributed by atoms with Crippen LogP contribution in [0, 0.1) is 17.7 Å². The van der Waals surface area contributed by atoms with Crippen LogP contribution in [0.3, 0.4) is 0 Å². The van der Waals surface area contributed by atoms with Crippen molar-refractivity contribution in [1.29, 1.82) is 0 Å². The van der Waals surface area contributed by atoms with E-state index in [1.54, 1.807) is 33.1 Å². The highest BCUT2D eigenvalue weighted by Crippen LogP contribution is 2.54. The highest BCUT2D eigenvalue weighted by molar-refractivity contribution is 6.25. The van der Waals surface area contributed by atoms with Gasteiger partial charge in [0.25, 0.3) is 11.8 Å². The van der Waals surface area contributed by atoms with Gasteiger partial charge in [-0.3, -0.25) is 24.1 Å². The Morgan fingerprint density at radius 1 is 1.09 bits per heavy atom. The van der Waals surface area contributed by atoms with Gasteiger partial charge in [-0.2, -0.15) is 0 Å². The first kappa shape index (κ1) is 29.7. The molecular weight excluding hydrogens is 563 g/mol. The fourth-order valence-electron chi connectivity index (χ4n) is 6.63. The van der Waals surface area contributed by atoms with E-state index >= 15 is 0 Å². The Hall–Kier alpha value is -4.75. The first-order chi connectivity index (χ1) is 20.1. The molecule has 2 amide bonds. The van der Waals surface area contributed by atoms with Crippen molar-refractivity contribution in [3.05, 3.63) is 75.5 Å². The molecule has 0 radical (unpaired) electrons. The highest BCUT2D eigenvalue weighted by atomic mass is 19.1. The fraction of sp³-hybridized carbons (Fsp3) is 0.333. The molecule has 4 atom stereocenters. The third-order valence-electron chi connectivity index (χ3n) is 8.55. The number of anilines is 2. The number of aromatic hydroxyl groups is 1. The SMILES string of the molecule is CN(C)c1cc(NC(=O)c2ccccc2F)c(O)c2c1CC1CC3[C@H](N(C)C)C(O)=C(C(N)=O)C(=O)[C@@]3(O)C(O)=C1C2=O. The zero-order valence-corrected chi connectivity index (χ0v) is 23.8. The van der Waals surface area contributed by atoms with E-state index in [0.29, 0.717) is 11.3 Å². The number of likely N-dealkylation sites (N-methyl/N-ethyl adjacent to an activating group) is 1. The van der Waals surface area contributed by atoms with E-state index in [2.05, 4.69) is 5.32 Å². The van der Waals surface area contributed by atoms with E-state index in [0.717, 1.165) is 6.07 Å². The molecule has 2 unspecified atom stereocenters. The van der Waals surface area contributed by atoms with E-state index < -0.39 is 75.5 Å². The molecule has 0 heterocycles. The number of phenols is 1. The monoisotopic (exact) mass is 594 g/mol. The number of ketones is 2. The second-order valence-electron chi connectivity index (χ2n) is 11.4. The third kappa shape index (κ3) is 4.26. The smallest absolute Gasteiger partial charge is 0.258 e. The molecule has 226 valence electrons. The number of aliphatic hydroxyl groups excluding tert-OH is 2. The largest absolute Gasteiger partial charge is 0.510 e. The van der Waals surface area contributed by atoms with E-state index in [-0.39, 0.29) is 35.2 Å². The Morgan fingerprint density at radius 2 is 1.74 bits per heavy atom. The molecule has 0 aliphatic heterocycles. The standard InChI is InChI=1S/C30H31FN4O8/c1-34(2)18-11-17(33-29(42)13-7-5-6-8-16(13)31)23(36)20-14(18)9-12-10-15-22(35(3)4)25(38)21(28(32)41)27(40)30(15,43)26(39)19(12)24(20)37/h5-8,11-12,15,22,36,38-39,43H,9-10H2,1-4H3,(H2,32,41)(H,33,42)/t12?,15?,22-,30-/m0/s1. The summed E-state index contributed by atoms with van der Waals surface area (Å²) in [6.45, 7) is 0. The maximum atomic E-state index is 14.3. The average Bonchev–Trinajstić information content (AvgIpc) is 2.91. The lowest BCUT2D eigenvalue weighted by Gasteiger charge is -2.50. The van der Waals surface area contributed by atoms with E-state index in [9.17, 15) is 44.0 Å². The van der Waals surface area contributed by atoms with Gasteiger partial charge in [0, 0.05) is 31.3 Å². The zero-order chi connectivity index (χ0) is 31.7. The van der Waals surface area contributed by atoms with Gasteiger partial charge in [-0.1, -0.05) is 12.1 Å². The van der Waals surface area contributed by atoms with Crippen LogP contribution in [-0.4, -0.2) is 88.5 Å². The number of amides is 2. The van der Waals surface area contributed by atoms with Crippen molar-refractivity contribution in [2.75, 3.05) is 38.4 Å². The number of nitrogens with zero attached hydrogens (tertiary/aromatic N) is 2. The molecule has 13 heteroatoms. The second kappa shape index (κ2) is 10.2. The molecule has 7 N–H and O–H groups in total. The Morgan fingerprint density at radius 3 is 2.33 bits per heavy atom. The Bertz CT molecular complexity index is 1680. The van der Waals surface area contributed by atoms with Crippen molar-refractivity contribution in [2.24, 2.45) is 17.6 Å². The zero-order valence-electron chi connectivity index (χ0n) is 23.8. The molecule has 43 heavy (non-hydrogen) atoms. The van der Waals surface area contributed by atoms with Crippen LogP contribution in [0.5, 0.6) is 5.75 Å². The van der Waals surface area contributed by atoms with Gasteiger partial charge >= 0.3 is 0 Å². The van der Waals surface area contributed by atoms with E-state index in [4.69, 9.17) is 5.73 Å². The molecule has 2 aromatic rings. The van der Waals surface area contributed by atoms with E-state index in [1.165, 1.54) is 29.2 Å². The van der Waals surface area contributed by atoms with Gasteiger partial charge in [0.05, 0.1) is 22.9 Å². The number of carbonyl (C=O) groups excluding carboxylic acids is 4. The number of primary amides is 1. The number of allylic oxidation sites excluding steroid dienone is 1. The summed E-state index contributed by atoms with van der Waals surface area (Å²) in [5.74, 6) is -9.48. The van der Waals surface area contributed by atoms with Gasteiger partial charge in [0.1, 0.15) is 22.9 Å². The minimum absolute atomic E-state index is 0.0643. The van der Waals surface area contributed by atoms with Crippen LogP contribution in [0.2, 0.25) is 0 Å². The maximum Gasteiger partial charge on any atom is 0.258 e. The normalized spacial score (nSPS) is 24.9.